The van der Waals surface area contributed by atoms with Crippen LogP contribution in [0.15, 0.2) is 41.7 Å². The number of hydrogen-bond donors (Lipinski definition) is 1. The molecule has 3 rings (SSSR count). The molecule has 6 nitrogen and oxygen atoms in total. The van der Waals surface area contributed by atoms with Crippen molar-refractivity contribution in [2.24, 2.45) is 10.4 Å². The van der Waals surface area contributed by atoms with E-state index in [2.05, 4.69) is 41.2 Å². The lowest BCUT2D eigenvalue weighted by Gasteiger charge is -2.23. The van der Waals surface area contributed by atoms with Crippen molar-refractivity contribution in [3.05, 3.63) is 42.5 Å². The number of aromatic nitrogens is 3. The van der Waals surface area contributed by atoms with Gasteiger partial charge in [-0.15, -0.1) is 10.2 Å². The van der Waals surface area contributed by atoms with Crippen molar-refractivity contribution in [2.45, 2.75) is 33.7 Å². The zero-order valence-electron chi connectivity index (χ0n) is 14.7. The largest absolute Gasteiger partial charge is 0.357 e. The van der Waals surface area contributed by atoms with Crippen molar-refractivity contribution in [2.75, 3.05) is 19.6 Å². The van der Waals surface area contributed by atoms with Crippen molar-refractivity contribution in [1.82, 2.24) is 25.0 Å². The van der Waals surface area contributed by atoms with E-state index in [0.717, 1.165) is 37.1 Å². The molecule has 0 amide bonds. The van der Waals surface area contributed by atoms with Gasteiger partial charge in [0.2, 0.25) is 0 Å². The lowest BCUT2D eigenvalue weighted by atomic mass is 9.93. The fourth-order valence-corrected chi connectivity index (χ4v) is 3.04. The zero-order valence-corrected chi connectivity index (χ0v) is 14.7. The van der Waals surface area contributed by atoms with Crippen molar-refractivity contribution in [1.29, 1.82) is 0 Å². The Bertz CT molecular complexity index is 689. The molecule has 1 saturated heterocycles. The van der Waals surface area contributed by atoms with Crippen LogP contribution in [0, 0.1) is 5.41 Å². The van der Waals surface area contributed by atoms with Crippen LogP contribution >= 0.6 is 0 Å². The van der Waals surface area contributed by atoms with Gasteiger partial charge in [0.1, 0.15) is 12.9 Å². The van der Waals surface area contributed by atoms with Crippen LogP contribution in [0.4, 0.5) is 0 Å². The molecule has 1 aromatic carbocycles. The number of rotatable bonds is 4. The summed E-state index contributed by atoms with van der Waals surface area (Å²) in [5.41, 5.74) is 1.40. The van der Waals surface area contributed by atoms with Gasteiger partial charge in [-0.25, -0.2) is 4.99 Å². The molecule has 128 valence electrons. The number of para-hydroxylation sites is 1. The van der Waals surface area contributed by atoms with Crippen LogP contribution in [0.5, 0.6) is 0 Å². The van der Waals surface area contributed by atoms with Gasteiger partial charge in [-0.3, -0.25) is 4.57 Å². The molecular formula is C18H26N6. The van der Waals surface area contributed by atoms with Crippen LogP contribution in [0.3, 0.4) is 0 Å². The number of benzene rings is 1. The molecule has 24 heavy (non-hydrogen) atoms. The minimum absolute atomic E-state index is 0.347. The maximum absolute atomic E-state index is 4.80. The zero-order chi connectivity index (χ0) is 17.0. The highest BCUT2D eigenvalue weighted by Crippen LogP contribution is 2.28. The summed E-state index contributed by atoms with van der Waals surface area (Å²) in [4.78, 5) is 7.14. The topological polar surface area (TPSA) is 58.3 Å². The summed E-state index contributed by atoms with van der Waals surface area (Å²) in [6.45, 7) is 10.2. The van der Waals surface area contributed by atoms with Crippen LogP contribution in [0.1, 0.15) is 33.0 Å². The second-order valence-electron chi connectivity index (χ2n) is 6.96. The lowest BCUT2D eigenvalue weighted by Crippen LogP contribution is -2.40. The molecule has 0 atom stereocenters. The van der Waals surface area contributed by atoms with E-state index in [0.29, 0.717) is 12.0 Å². The van der Waals surface area contributed by atoms with E-state index in [4.69, 9.17) is 4.99 Å². The number of nitrogens with one attached hydrogen (secondary N) is 1. The Morgan fingerprint density at radius 2 is 2.08 bits per heavy atom. The first-order valence-electron chi connectivity index (χ1n) is 8.57. The van der Waals surface area contributed by atoms with Crippen LogP contribution in [-0.4, -0.2) is 45.3 Å². The van der Waals surface area contributed by atoms with E-state index >= 15 is 0 Å². The molecule has 2 aromatic rings. The number of aliphatic imine (C=N–C) groups is 1. The third-order valence-corrected chi connectivity index (χ3v) is 4.33. The summed E-state index contributed by atoms with van der Waals surface area (Å²) in [6.07, 6.45) is 2.93. The van der Waals surface area contributed by atoms with Gasteiger partial charge in [0.05, 0.1) is 0 Å². The Morgan fingerprint density at radius 3 is 2.75 bits per heavy atom. The van der Waals surface area contributed by atoms with E-state index in [1.807, 2.05) is 34.9 Å². The molecule has 0 spiro atoms. The predicted octanol–water partition coefficient (Wildman–Crippen LogP) is 2.46. The molecule has 1 aromatic heterocycles. The Morgan fingerprint density at radius 1 is 1.29 bits per heavy atom. The van der Waals surface area contributed by atoms with Crippen molar-refractivity contribution < 1.29 is 0 Å². The van der Waals surface area contributed by atoms with Gasteiger partial charge in [-0.2, -0.15) is 0 Å². The first kappa shape index (κ1) is 16.5. The van der Waals surface area contributed by atoms with Gasteiger partial charge >= 0.3 is 0 Å². The third kappa shape index (κ3) is 3.75. The van der Waals surface area contributed by atoms with Crippen LogP contribution in [0.25, 0.3) is 5.69 Å². The van der Waals surface area contributed by atoms with Crippen LogP contribution in [0.2, 0.25) is 0 Å². The van der Waals surface area contributed by atoms with E-state index in [9.17, 15) is 0 Å². The number of nitrogens with zero attached hydrogens (tertiary/aromatic N) is 5. The smallest absolute Gasteiger partial charge is 0.194 e. The normalized spacial score (nSPS) is 17.3. The van der Waals surface area contributed by atoms with Crippen molar-refractivity contribution >= 4 is 5.96 Å². The minimum atomic E-state index is 0.347. The van der Waals surface area contributed by atoms with Gasteiger partial charge in [0.15, 0.2) is 11.8 Å². The van der Waals surface area contributed by atoms with E-state index in [1.54, 1.807) is 6.33 Å². The highest BCUT2D eigenvalue weighted by Gasteiger charge is 2.30. The summed E-state index contributed by atoms with van der Waals surface area (Å²) in [5, 5.41) is 11.7. The SMILES string of the molecule is CCNC(=NCc1nncn1-c1ccccc1)N1CCC(C)(C)C1. The Kier molecular flexibility index (Phi) is 4.83. The average molecular weight is 326 g/mol. The molecule has 1 aliphatic heterocycles. The molecule has 6 heteroatoms. The molecule has 2 heterocycles. The van der Waals surface area contributed by atoms with Gasteiger partial charge in [-0.1, -0.05) is 32.0 Å². The van der Waals surface area contributed by atoms with Gasteiger partial charge in [0, 0.05) is 25.3 Å². The van der Waals surface area contributed by atoms with Gasteiger partial charge in [-0.05, 0) is 30.9 Å². The standard InChI is InChI=1S/C18H26N6/c1-4-19-17(23-11-10-18(2,3)13-23)20-12-16-22-21-14-24(16)15-8-6-5-7-9-15/h5-9,14H,4,10-13H2,1-3H3,(H,19,20). The predicted molar refractivity (Wildman–Crippen MR) is 96.1 cm³/mol. The molecule has 0 unspecified atom stereocenters. The monoisotopic (exact) mass is 326 g/mol. The second-order valence-corrected chi connectivity index (χ2v) is 6.96. The van der Waals surface area contributed by atoms with Crippen molar-refractivity contribution in [3.63, 3.8) is 0 Å². The maximum Gasteiger partial charge on any atom is 0.194 e. The van der Waals surface area contributed by atoms with Gasteiger partial charge < -0.3 is 10.2 Å². The maximum atomic E-state index is 4.80. The minimum Gasteiger partial charge on any atom is -0.357 e. The molecule has 1 N–H and O–H groups in total. The highest BCUT2D eigenvalue weighted by atomic mass is 15.3. The molecular weight excluding hydrogens is 300 g/mol. The van der Waals surface area contributed by atoms with E-state index in [-0.39, 0.29) is 0 Å². The van der Waals surface area contributed by atoms with Crippen LogP contribution < -0.4 is 5.32 Å². The summed E-state index contributed by atoms with van der Waals surface area (Å²) in [7, 11) is 0. The summed E-state index contributed by atoms with van der Waals surface area (Å²) in [6, 6.07) is 10.1. The first-order chi connectivity index (χ1) is 11.6. The number of hydrogen-bond acceptors (Lipinski definition) is 3. The fourth-order valence-electron chi connectivity index (χ4n) is 3.04. The van der Waals surface area contributed by atoms with Gasteiger partial charge in [0.25, 0.3) is 0 Å². The molecule has 1 fully saturated rings. The summed E-state index contributed by atoms with van der Waals surface area (Å²) >= 11 is 0. The van der Waals surface area contributed by atoms with E-state index in [1.165, 1.54) is 6.42 Å². The number of guanidine groups is 1. The highest BCUT2D eigenvalue weighted by molar-refractivity contribution is 5.80. The molecule has 1 aliphatic rings. The Balaban J connectivity index is 1.77. The lowest BCUT2D eigenvalue weighted by molar-refractivity contribution is 0.370. The first-order valence-corrected chi connectivity index (χ1v) is 8.57. The molecule has 0 bridgehead atoms. The second kappa shape index (κ2) is 7.03. The van der Waals surface area contributed by atoms with E-state index < -0.39 is 0 Å². The van der Waals surface area contributed by atoms with Crippen molar-refractivity contribution in [3.8, 4) is 5.69 Å². The summed E-state index contributed by atoms with van der Waals surface area (Å²) < 4.78 is 1.99. The van der Waals surface area contributed by atoms with Crippen LogP contribution in [-0.2, 0) is 6.54 Å². The average Bonchev–Trinajstić information content (AvgIpc) is 3.18. The Labute approximate surface area is 143 Å². The third-order valence-electron chi connectivity index (χ3n) is 4.33. The Hall–Kier alpha value is -2.37. The molecule has 0 aliphatic carbocycles. The number of likely N-dealkylation sites (tertiary alicyclic amines) is 1. The molecule has 0 radical (unpaired) electrons. The molecule has 0 saturated carbocycles. The quantitative estimate of drug-likeness (QED) is 0.693. The fraction of sp³-hybridized carbons (Fsp3) is 0.500. The summed E-state index contributed by atoms with van der Waals surface area (Å²) in [5.74, 6) is 1.81.